The summed E-state index contributed by atoms with van der Waals surface area (Å²) in [6, 6.07) is 0. The Hall–Kier alpha value is -1.17. The van der Waals surface area contributed by atoms with E-state index in [0.717, 1.165) is 38.7 Å². The lowest BCUT2D eigenvalue weighted by atomic mass is 9.66. The van der Waals surface area contributed by atoms with Gasteiger partial charge in [-0.05, 0) is 48.5 Å². The summed E-state index contributed by atoms with van der Waals surface area (Å²) in [5, 5.41) is 20.4. The first-order valence-corrected chi connectivity index (χ1v) is 12.3. The lowest BCUT2D eigenvalue weighted by Gasteiger charge is -2.44. The Morgan fingerprint density at radius 2 is 2.00 bits per heavy atom. The highest BCUT2D eigenvalue weighted by molar-refractivity contribution is 5.70. The van der Waals surface area contributed by atoms with Gasteiger partial charge in [-0.1, -0.05) is 52.3 Å². The minimum absolute atomic E-state index is 0.00497. The number of aliphatic hydroxyl groups excluding tert-OH is 2. The van der Waals surface area contributed by atoms with Gasteiger partial charge in [0.2, 0.25) is 0 Å². The maximum atomic E-state index is 11.7. The maximum absolute atomic E-state index is 11.7. The molecule has 31 heavy (non-hydrogen) atoms. The molecule has 0 aromatic carbocycles. The fraction of sp³-hybridized carbons (Fsp3) is 0.808. The Bertz CT molecular complexity index is 671. The average Bonchev–Trinajstić information content (AvgIpc) is 2.71. The first-order chi connectivity index (χ1) is 14.7. The first-order valence-electron chi connectivity index (χ1n) is 12.3. The molecule has 8 atom stereocenters. The molecule has 2 N–H and O–H groups in total. The van der Waals surface area contributed by atoms with Crippen LogP contribution < -0.4 is 0 Å². The minimum atomic E-state index is -0.587. The first kappa shape index (κ1) is 24.5. The van der Waals surface area contributed by atoms with Crippen LogP contribution in [-0.4, -0.2) is 47.2 Å². The van der Waals surface area contributed by atoms with Crippen molar-refractivity contribution in [2.24, 2.45) is 23.2 Å². The normalized spacial score (nSPS) is 37.5. The third-order valence-electron chi connectivity index (χ3n) is 7.78. The van der Waals surface area contributed by atoms with Crippen molar-refractivity contribution in [1.82, 2.24) is 0 Å². The van der Waals surface area contributed by atoms with Crippen LogP contribution in [0.5, 0.6) is 0 Å². The molecule has 1 fully saturated rings. The number of carbonyl (C=O) groups is 1. The highest BCUT2D eigenvalue weighted by Gasteiger charge is 2.41. The van der Waals surface area contributed by atoms with E-state index in [1.165, 1.54) is 5.57 Å². The van der Waals surface area contributed by atoms with Gasteiger partial charge in [0.25, 0.3) is 0 Å². The Balaban J connectivity index is 1.72. The number of ether oxygens (including phenoxy) is 2. The minimum Gasteiger partial charge on any atom is -0.462 e. The summed E-state index contributed by atoms with van der Waals surface area (Å²) < 4.78 is 12.1. The van der Waals surface area contributed by atoms with Gasteiger partial charge in [-0.3, -0.25) is 4.79 Å². The van der Waals surface area contributed by atoms with E-state index >= 15 is 0 Å². The van der Waals surface area contributed by atoms with Gasteiger partial charge in [-0.15, -0.1) is 0 Å². The van der Waals surface area contributed by atoms with E-state index in [4.69, 9.17) is 9.47 Å². The van der Waals surface area contributed by atoms with Crippen LogP contribution >= 0.6 is 0 Å². The lowest BCUT2D eigenvalue weighted by Crippen LogP contribution is -2.43. The van der Waals surface area contributed by atoms with Crippen molar-refractivity contribution in [2.75, 3.05) is 6.61 Å². The molecular formula is C26H42O5. The summed E-state index contributed by atoms with van der Waals surface area (Å²) in [5.74, 6) is 0.708. The van der Waals surface area contributed by atoms with Crippen molar-refractivity contribution in [2.45, 2.75) is 103 Å². The van der Waals surface area contributed by atoms with Gasteiger partial charge in [0.05, 0.1) is 31.3 Å². The lowest BCUT2D eigenvalue weighted by molar-refractivity contribution is -0.160. The molecule has 0 radical (unpaired) electrons. The molecule has 0 saturated carbocycles. The van der Waals surface area contributed by atoms with Crippen molar-refractivity contribution >= 4 is 5.97 Å². The van der Waals surface area contributed by atoms with Crippen molar-refractivity contribution in [3.63, 3.8) is 0 Å². The van der Waals surface area contributed by atoms with E-state index in [1.54, 1.807) is 0 Å². The quantitative estimate of drug-likeness (QED) is 0.520. The SMILES string of the molecule is CCC[C@](C)(CC)CO[C@@H]1C[C@H](O)C=C2C=C[C@@H](C)[C@H](CC[C@@H]3C[C@@H](O)CC(=O)O3)C21. The zero-order valence-corrected chi connectivity index (χ0v) is 19.8. The third-order valence-corrected chi connectivity index (χ3v) is 7.78. The molecule has 176 valence electrons. The van der Waals surface area contributed by atoms with E-state index < -0.39 is 12.2 Å². The molecule has 5 nitrogen and oxygen atoms in total. The summed E-state index contributed by atoms with van der Waals surface area (Å²) in [7, 11) is 0. The van der Waals surface area contributed by atoms with Crippen LogP contribution in [-0.2, 0) is 14.3 Å². The highest BCUT2D eigenvalue weighted by atomic mass is 16.5. The van der Waals surface area contributed by atoms with Crippen LogP contribution in [0.2, 0.25) is 0 Å². The summed E-state index contributed by atoms with van der Waals surface area (Å²) in [5.41, 5.74) is 1.35. The Morgan fingerprint density at radius 1 is 1.23 bits per heavy atom. The second-order valence-electron chi connectivity index (χ2n) is 10.4. The Kier molecular flexibility index (Phi) is 8.39. The summed E-state index contributed by atoms with van der Waals surface area (Å²) in [6.07, 6.45) is 11.4. The topological polar surface area (TPSA) is 76.0 Å². The fourth-order valence-electron chi connectivity index (χ4n) is 5.72. The van der Waals surface area contributed by atoms with Gasteiger partial charge in [0.15, 0.2) is 0 Å². The van der Waals surface area contributed by atoms with Gasteiger partial charge in [-0.25, -0.2) is 0 Å². The molecule has 1 unspecified atom stereocenters. The average molecular weight is 435 g/mol. The van der Waals surface area contributed by atoms with E-state index in [2.05, 4.69) is 39.8 Å². The smallest absolute Gasteiger partial charge is 0.308 e. The number of allylic oxidation sites excluding steroid dienone is 2. The number of hydrogen-bond donors (Lipinski definition) is 2. The second kappa shape index (κ2) is 10.6. The molecule has 1 saturated heterocycles. The molecule has 1 aliphatic heterocycles. The molecule has 1 heterocycles. The number of fused-ring (bicyclic) bond motifs is 1. The Labute approximate surface area is 187 Å². The number of esters is 1. The van der Waals surface area contributed by atoms with E-state index in [-0.39, 0.29) is 35.9 Å². The molecular weight excluding hydrogens is 392 g/mol. The van der Waals surface area contributed by atoms with Gasteiger partial charge in [-0.2, -0.15) is 0 Å². The van der Waals surface area contributed by atoms with E-state index in [0.29, 0.717) is 24.7 Å². The van der Waals surface area contributed by atoms with Crippen molar-refractivity contribution < 1.29 is 24.5 Å². The number of rotatable bonds is 9. The predicted octanol–water partition coefficient (Wildman–Crippen LogP) is 4.56. The zero-order chi connectivity index (χ0) is 22.6. The van der Waals surface area contributed by atoms with Crippen LogP contribution in [0.25, 0.3) is 0 Å². The van der Waals surface area contributed by atoms with Gasteiger partial charge >= 0.3 is 5.97 Å². The second-order valence-corrected chi connectivity index (χ2v) is 10.4. The zero-order valence-electron chi connectivity index (χ0n) is 19.8. The van der Waals surface area contributed by atoms with Gasteiger partial charge < -0.3 is 19.7 Å². The maximum Gasteiger partial charge on any atom is 0.308 e. The molecule has 0 aromatic rings. The van der Waals surface area contributed by atoms with Crippen LogP contribution in [0.3, 0.4) is 0 Å². The molecule has 3 rings (SSSR count). The molecule has 0 spiro atoms. The van der Waals surface area contributed by atoms with Crippen LogP contribution in [0.15, 0.2) is 23.8 Å². The molecule has 0 bridgehead atoms. The number of hydrogen-bond acceptors (Lipinski definition) is 5. The predicted molar refractivity (Wildman–Crippen MR) is 121 cm³/mol. The monoisotopic (exact) mass is 434 g/mol. The van der Waals surface area contributed by atoms with Crippen LogP contribution in [0, 0.1) is 23.2 Å². The van der Waals surface area contributed by atoms with E-state index in [1.807, 2.05) is 6.08 Å². The van der Waals surface area contributed by atoms with Crippen LogP contribution in [0.1, 0.15) is 79.1 Å². The number of aliphatic hydroxyl groups is 2. The van der Waals surface area contributed by atoms with Gasteiger partial charge in [0, 0.05) is 18.8 Å². The highest BCUT2D eigenvalue weighted by Crippen LogP contribution is 2.44. The van der Waals surface area contributed by atoms with E-state index in [9.17, 15) is 15.0 Å². The molecule has 2 aliphatic carbocycles. The molecule has 5 heteroatoms. The van der Waals surface area contributed by atoms with Crippen molar-refractivity contribution in [3.8, 4) is 0 Å². The largest absolute Gasteiger partial charge is 0.462 e. The Morgan fingerprint density at radius 3 is 2.68 bits per heavy atom. The number of cyclic esters (lactones) is 1. The third kappa shape index (κ3) is 6.21. The molecule has 0 amide bonds. The fourth-order valence-corrected chi connectivity index (χ4v) is 5.72. The molecule has 0 aromatic heterocycles. The summed E-state index contributed by atoms with van der Waals surface area (Å²) in [4.78, 5) is 11.7. The number of carbonyl (C=O) groups excluding carboxylic acids is 1. The standard InChI is InChI=1S/C26H42O5/c1-5-11-26(4,6-2)16-30-23-14-19(27)12-18-8-7-17(3)22(25(18)23)10-9-21-13-20(28)15-24(29)31-21/h7-8,12,17,19-23,25,27-28H,5-6,9-11,13-16H2,1-4H3/t17-,19-,20-,21-,22+,23-,25?,26+/m1/s1. The van der Waals surface area contributed by atoms with Gasteiger partial charge in [0.1, 0.15) is 6.10 Å². The summed E-state index contributed by atoms with van der Waals surface area (Å²) in [6.45, 7) is 9.72. The summed E-state index contributed by atoms with van der Waals surface area (Å²) >= 11 is 0. The van der Waals surface area contributed by atoms with Crippen molar-refractivity contribution in [3.05, 3.63) is 23.8 Å². The van der Waals surface area contributed by atoms with Crippen LogP contribution in [0.4, 0.5) is 0 Å². The van der Waals surface area contributed by atoms with Crippen molar-refractivity contribution in [1.29, 1.82) is 0 Å². The molecule has 3 aliphatic rings.